The molecule has 0 atom stereocenters. The van der Waals surface area contributed by atoms with Gasteiger partial charge in [0.1, 0.15) is 0 Å². The molecule has 0 saturated carbocycles. The molecule has 0 spiro atoms. The number of nitrogens with zero attached hydrogens (tertiary/aromatic N) is 2. The van der Waals surface area contributed by atoms with Crippen molar-refractivity contribution in [1.29, 1.82) is 0 Å². The second-order valence-corrected chi connectivity index (χ2v) is 9.13. The highest BCUT2D eigenvalue weighted by atomic mass is 32.2. The minimum absolute atomic E-state index is 0. The van der Waals surface area contributed by atoms with E-state index in [2.05, 4.69) is 25.8 Å². The van der Waals surface area contributed by atoms with Crippen molar-refractivity contribution in [2.24, 2.45) is 0 Å². The second-order valence-electron chi connectivity index (χ2n) is 7.23. The van der Waals surface area contributed by atoms with E-state index in [0.29, 0.717) is 18.0 Å². The molecular formula is C19H28N2O2S. The fraction of sp³-hybridized carbons (Fsp3) is 0.526. The molecule has 2 aromatic rings. The zero-order valence-corrected chi connectivity index (χ0v) is 14.9. The van der Waals surface area contributed by atoms with Gasteiger partial charge in [0.15, 0.2) is 0 Å². The van der Waals surface area contributed by atoms with Crippen LogP contribution in [0.1, 0.15) is 53.0 Å². The number of fused-ring (bicyclic) bond motifs is 1. The van der Waals surface area contributed by atoms with Crippen molar-refractivity contribution < 1.29 is 8.42 Å². The average Bonchev–Trinajstić information content (AvgIpc) is 2.53. The van der Waals surface area contributed by atoms with Gasteiger partial charge in [-0.15, -0.1) is 0 Å². The van der Waals surface area contributed by atoms with E-state index in [-0.39, 0.29) is 12.8 Å². The summed E-state index contributed by atoms with van der Waals surface area (Å²) in [6.45, 7) is 7.59. The summed E-state index contributed by atoms with van der Waals surface area (Å²) in [5.74, 6) is 0. The van der Waals surface area contributed by atoms with E-state index in [1.807, 2.05) is 18.2 Å². The number of sulfonamides is 1. The fourth-order valence-corrected chi connectivity index (χ4v) is 4.92. The van der Waals surface area contributed by atoms with E-state index in [9.17, 15) is 8.42 Å². The fourth-order valence-electron chi connectivity index (χ4n) is 3.22. The third kappa shape index (κ3) is 3.33. The summed E-state index contributed by atoms with van der Waals surface area (Å²) in [4.78, 5) is 4.87. The van der Waals surface area contributed by atoms with Crippen LogP contribution >= 0.6 is 0 Å². The number of hydrogen-bond donors (Lipinski definition) is 0. The molecule has 1 fully saturated rings. The standard InChI is InChI=1S/C18H24N2O2S.CH4/c1-18(2,3)15-9-10-16(14-8-7-11-19-17(14)15)23(21,22)20-12-5-4-6-13-20;/h7-11H,4-6,12-13H2,1-3H3;1H4. The smallest absolute Gasteiger partial charge is 0.243 e. The van der Waals surface area contributed by atoms with Crippen molar-refractivity contribution in [2.75, 3.05) is 13.1 Å². The van der Waals surface area contributed by atoms with Crippen LogP contribution in [-0.2, 0) is 15.4 Å². The molecule has 3 rings (SSSR count). The summed E-state index contributed by atoms with van der Waals surface area (Å²) in [5, 5.41) is 0.727. The van der Waals surface area contributed by atoms with Gasteiger partial charge in [-0.3, -0.25) is 4.98 Å². The molecule has 0 amide bonds. The average molecular weight is 349 g/mol. The second kappa shape index (κ2) is 6.81. The van der Waals surface area contributed by atoms with E-state index in [1.54, 1.807) is 16.6 Å². The Morgan fingerprint density at radius 3 is 2.33 bits per heavy atom. The van der Waals surface area contributed by atoms with E-state index >= 15 is 0 Å². The SMILES string of the molecule is C.CC(C)(C)c1ccc(S(=O)(=O)N2CCCCC2)c2cccnc12. The van der Waals surface area contributed by atoms with Crippen LogP contribution < -0.4 is 0 Å². The van der Waals surface area contributed by atoms with Gasteiger partial charge < -0.3 is 0 Å². The maximum Gasteiger partial charge on any atom is 0.243 e. The first-order valence-electron chi connectivity index (χ1n) is 8.20. The first-order chi connectivity index (χ1) is 10.8. The highest BCUT2D eigenvalue weighted by molar-refractivity contribution is 7.89. The summed E-state index contributed by atoms with van der Waals surface area (Å²) >= 11 is 0. The van der Waals surface area contributed by atoms with Gasteiger partial charge in [0, 0.05) is 24.7 Å². The molecule has 24 heavy (non-hydrogen) atoms. The van der Waals surface area contributed by atoms with Gasteiger partial charge in [-0.1, -0.05) is 40.7 Å². The summed E-state index contributed by atoms with van der Waals surface area (Å²) in [7, 11) is -3.46. The van der Waals surface area contributed by atoms with E-state index in [1.165, 1.54) is 0 Å². The van der Waals surface area contributed by atoms with Crippen LogP contribution in [0, 0.1) is 0 Å². The van der Waals surface area contributed by atoms with Gasteiger partial charge in [0.25, 0.3) is 0 Å². The number of pyridine rings is 1. The third-order valence-corrected chi connectivity index (χ3v) is 6.43. The molecule has 1 aliphatic rings. The number of benzene rings is 1. The molecule has 0 aliphatic carbocycles. The Morgan fingerprint density at radius 1 is 1.04 bits per heavy atom. The zero-order valence-electron chi connectivity index (χ0n) is 14.0. The van der Waals surface area contributed by atoms with E-state index in [4.69, 9.17) is 0 Å². The lowest BCUT2D eigenvalue weighted by molar-refractivity contribution is 0.347. The van der Waals surface area contributed by atoms with Gasteiger partial charge in [-0.05, 0) is 42.0 Å². The van der Waals surface area contributed by atoms with Crippen LogP contribution in [0.15, 0.2) is 35.4 Å². The van der Waals surface area contributed by atoms with Crippen LogP contribution in [0.25, 0.3) is 10.9 Å². The van der Waals surface area contributed by atoms with Gasteiger partial charge in [0.2, 0.25) is 10.0 Å². The van der Waals surface area contributed by atoms with Crippen LogP contribution in [0.5, 0.6) is 0 Å². The first kappa shape index (κ1) is 18.9. The zero-order chi connectivity index (χ0) is 16.7. The van der Waals surface area contributed by atoms with Gasteiger partial charge >= 0.3 is 0 Å². The number of aromatic nitrogens is 1. The Bertz CT molecular complexity index is 817. The number of hydrogen-bond acceptors (Lipinski definition) is 3. The van der Waals surface area contributed by atoms with E-state index < -0.39 is 10.0 Å². The Balaban J connectivity index is 0.00000208. The lowest BCUT2D eigenvalue weighted by Crippen LogP contribution is -2.35. The minimum atomic E-state index is -3.46. The van der Waals surface area contributed by atoms with Crippen LogP contribution in [0.4, 0.5) is 0 Å². The predicted molar refractivity (Wildman–Crippen MR) is 99.8 cm³/mol. The predicted octanol–water partition coefficient (Wildman–Crippen LogP) is 4.34. The molecule has 4 nitrogen and oxygen atoms in total. The molecule has 0 unspecified atom stereocenters. The Morgan fingerprint density at radius 2 is 1.71 bits per heavy atom. The third-order valence-electron chi connectivity index (χ3n) is 4.47. The molecule has 1 aromatic carbocycles. The molecule has 1 aliphatic heterocycles. The van der Waals surface area contributed by atoms with E-state index in [0.717, 1.165) is 35.7 Å². The van der Waals surface area contributed by atoms with Crippen molar-refractivity contribution in [3.8, 4) is 0 Å². The van der Waals surface area contributed by atoms with Gasteiger partial charge in [0.05, 0.1) is 10.4 Å². The molecular weight excluding hydrogens is 320 g/mol. The van der Waals surface area contributed by atoms with Gasteiger partial charge in [-0.25, -0.2) is 8.42 Å². The summed E-state index contributed by atoms with van der Waals surface area (Å²) in [6.07, 6.45) is 4.72. The molecule has 0 radical (unpaired) electrons. The monoisotopic (exact) mass is 348 g/mol. The topological polar surface area (TPSA) is 50.3 Å². The Hall–Kier alpha value is -1.46. The first-order valence-corrected chi connectivity index (χ1v) is 9.64. The number of piperidine rings is 1. The molecule has 2 heterocycles. The van der Waals surface area contributed by atoms with Crippen molar-refractivity contribution >= 4 is 20.9 Å². The normalized spacial score (nSPS) is 16.8. The molecule has 5 heteroatoms. The molecule has 132 valence electrons. The lowest BCUT2D eigenvalue weighted by atomic mass is 9.85. The highest BCUT2D eigenvalue weighted by Crippen LogP contribution is 2.33. The molecule has 0 N–H and O–H groups in total. The molecule has 1 saturated heterocycles. The maximum atomic E-state index is 13.1. The van der Waals surface area contributed by atoms with Crippen molar-refractivity contribution in [3.63, 3.8) is 0 Å². The van der Waals surface area contributed by atoms with Crippen LogP contribution in [0.3, 0.4) is 0 Å². The molecule has 1 aromatic heterocycles. The Labute approximate surface area is 146 Å². The Kier molecular flexibility index (Phi) is 5.35. The van der Waals surface area contributed by atoms with Crippen LogP contribution in [-0.4, -0.2) is 30.8 Å². The van der Waals surface area contributed by atoms with Crippen molar-refractivity contribution in [2.45, 2.75) is 57.8 Å². The highest BCUT2D eigenvalue weighted by Gasteiger charge is 2.29. The summed E-state index contributed by atoms with van der Waals surface area (Å²) in [6, 6.07) is 7.36. The largest absolute Gasteiger partial charge is 0.256 e. The maximum absolute atomic E-state index is 13.1. The summed E-state index contributed by atoms with van der Waals surface area (Å²) in [5.41, 5.74) is 1.78. The minimum Gasteiger partial charge on any atom is -0.256 e. The molecule has 0 bridgehead atoms. The quantitative estimate of drug-likeness (QED) is 0.811. The van der Waals surface area contributed by atoms with Crippen molar-refractivity contribution in [3.05, 3.63) is 36.0 Å². The van der Waals surface area contributed by atoms with Crippen LogP contribution in [0.2, 0.25) is 0 Å². The van der Waals surface area contributed by atoms with Crippen molar-refractivity contribution in [1.82, 2.24) is 9.29 Å². The summed E-state index contributed by atoms with van der Waals surface area (Å²) < 4.78 is 27.7. The van der Waals surface area contributed by atoms with Gasteiger partial charge in [-0.2, -0.15) is 4.31 Å². The lowest BCUT2D eigenvalue weighted by Gasteiger charge is -2.27. The number of rotatable bonds is 2.